The van der Waals surface area contributed by atoms with Crippen LogP contribution in [0.4, 0.5) is 8.78 Å². The Morgan fingerprint density at radius 3 is 3.00 bits per heavy atom. The highest BCUT2D eigenvalue weighted by atomic mass is 19.1. The van der Waals surface area contributed by atoms with Gasteiger partial charge in [-0.25, -0.2) is 13.8 Å². The molecule has 0 radical (unpaired) electrons. The van der Waals surface area contributed by atoms with E-state index in [-0.39, 0.29) is 29.7 Å². The van der Waals surface area contributed by atoms with Gasteiger partial charge in [0.1, 0.15) is 11.6 Å². The summed E-state index contributed by atoms with van der Waals surface area (Å²) in [5.74, 6) is -0.398. The van der Waals surface area contributed by atoms with Gasteiger partial charge in [0, 0.05) is 38.0 Å². The van der Waals surface area contributed by atoms with Crippen LogP contribution < -0.4 is 5.73 Å². The molecule has 0 spiro atoms. The first kappa shape index (κ1) is 18.5. The molecule has 1 fully saturated rings. The number of amides is 1. The molecule has 26 heavy (non-hydrogen) atoms. The highest BCUT2D eigenvalue weighted by Crippen LogP contribution is 2.25. The van der Waals surface area contributed by atoms with Gasteiger partial charge in [0.05, 0.1) is 11.8 Å². The number of benzene rings is 1. The Labute approximate surface area is 151 Å². The molecule has 2 aromatic rings. The van der Waals surface area contributed by atoms with Gasteiger partial charge < -0.3 is 15.1 Å². The van der Waals surface area contributed by atoms with Crippen LogP contribution in [0.15, 0.2) is 28.8 Å². The molecule has 2 N–H and O–H groups in total. The van der Waals surface area contributed by atoms with Crippen molar-refractivity contribution >= 4 is 5.91 Å². The fourth-order valence-electron chi connectivity index (χ4n) is 3.28. The second-order valence-electron chi connectivity index (χ2n) is 6.84. The predicted molar refractivity (Wildman–Crippen MR) is 93.1 cm³/mol. The second kappa shape index (κ2) is 7.95. The molecule has 1 aromatic heterocycles. The topological polar surface area (TPSA) is 72.4 Å². The van der Waals surface area contributed by atoms with Crippen LogP contribution in [-0.2, 0) is 11.2 Å². The molecule has 7 heteroatoms. The Hall–Kier alpha value is -2.28. The molecule has 1 aromatic carbocycles. The zero-order valence-corrected chi connectivity index (χ0v) is 14.8. The third-order valence-corrected chi connectivity index (χ3v) is 4.86. The Bertz CT molecular complexity index is 776. The van der Waals surface area contributed by atoms with Crippen molar-refractivity contribution in [1.82, 2.24) is 9.88 Å². The number of piperidine rings is 1. The van der Waals surface area contributed by atoms with E-state index >= 15 is 0 Å². The summed E-state index contributed by atoms with van der Waals surface area (Å²) in [4.78, 5) is 18.4. The van der Waals surface area contributed by atoms with Gasteiger partial charge in [-0.3, -0.25) is 4.79 Å². The zero-order chi connectivity index (χ0) is 18.7. The number of nitrogens with two attached hydrogens (primary N) is 1. The van der Waals surface area contributed by atoms with Gasteiger partial charge >= 0.3 is 0 Å². The van der Waals surface area contributed by atoms with Gasteiger partial charge in [-0.2, -0.15) is 0 Å². The lowest BCUT2D eigenvalue weighted by Crippen LogP contribution is -2.45. The highest BCUT2D eigenvalue weighted by Gasteiger charge is 2.25. The molecule has 0 aliphatic carbocycles. The smallest absolute Gasteiger partial charge is 0.223 e. The van der Waals surface area contributed by atoms with Crippen LogP contribution >= 0.6 is 0 Å². The number of aromatic nitrogens is 1. The third-order valence-electron chi connectivity index (χ3n) is 4.86. The average Bonchev–Trinajstić information content (AvgIpc) is 3.08. The monoisotopic (exact) mass is 363 g/mol. The van der Waals surface area contributed by atoms with E-state index in [0.29, 0.717) is 24.8 Å². The van der Waals surface area contributed by atoms with E-state index in [1.165, 1.54) is 12.3 Å². The van der Waals surface area contributed by atoms with E-state index in [9.17, 15) is 13.6 Å². The number of hydrogen-bond acceptors (Lipinski definition) is 4. The van der Waals surface area contributed by atoms with E-state index in [2.05, 4.69) is 4.98 Å². The molecule has 2 heterocycles. The van der Waals surface area contributed by atoms with Crippen molar-refractivity contribution in [2.24, 2.45) is 11.7 Å². The van der Waals surface area contributed by atoms with Crippen molar-refractivity contribution in [3.05, 3.63) is 41.9 Å². The summed E-state index contributed by atoms with van der Waals surface area (Å²) in [7, 11) is 0. The predicted octanol–water partition coefficient (Wildman–Crippen LogP) is 3.14. The molecular weight excluding hydrogens is 340 g/mol. The first-order valence-electron chi connectivity index (χ1n) is 8.87. The Morgan fingerprint density at radius 2 is 2.27 bits per heavy atom. The average molecular weight is 363 g/mol. The molecule has 2 unspecified atom stereocenters. The van der Waals surface area contributed by atoms with Crippen LogP contribution in [0.25, 0.3) is 11.3 Å². The molecule has 1 aliphatic rings. The van der Waals surface area contributed by atoms with Crippen LogP contribution in [0, 0.1) is 17.6 Å². The molecule has 1 saturated heterocycles. The number of carbonyl (C=O) groups is 1. The van der Waals surface area contributed by atoms with Crippen LogP contribution in [0.5, 0.6) is 0 Å². The normalized spacial score (nSPS) is 18.8. The number of halogens is 2. The minimum absolute atomic E-state index is 0.0445. The minimum atomic E-state index is -0.709. The fourth-order valence-corrected chi connectivity index (χ4v) is 3.28. The van der Waals surface area contributed by atoms with Crippen molar-refractivity contribution in [2.75, 3.05) is 13.1 Å². The number of nitrogens with zero attached hydrogens (tertiary/aromatic N) is 2. The van der Waals surface area contributed by atoms with Gasteiger partial charge in [0.25, 0.3) is 0 Å². The molecule has 3 rings (SSSR count). The molecule has 1 aliphatic heterocycles. The summed E-state index contributed by atoms with van der Waals surface area (Å²) < 4.78 is 32.3. The van der Waals surface area contributed by atoms with E-state index in [4.69, 9.17) is 10.2 Å². The van der Waals surface area contributed by atoms with Crippen LogP contribution in [0.3, 0.4) is 0 Å². The van der Waals surface area contributed by atoms with Crippen LogP contribution in [-0.4, -0.2) is 34.9 Å². The summed E-state index contributed by atoms with van der Waals surface area (Å²) in [5.41, 5.74) is 6.10. The van der Waals surface area contributed by atoms with Crippen LogP contribution in [0.1, 0.15) is 32.1 Å². The SMILES string of the molecule is CC(N)C1CCCN(C(=O)CCc2ncc(-c3ccc(F)cc3F)o2)C1. The van der Waals surface area contributed by atoms with Crippen molar-refractivity contribution in [3.63, 3.8) is 0 Å². The van der Waals surface area contributed by atoms with Crippen molar-refractivity contribution in [2.45, 2.75) is 38.6 Å². The lowest BCUT2D eigenvalue weighted by Gasteiger charge is -2.34. The first-order chi connectivity index (χ1) is 12.4. The summed E-state index contributed by atoms with van der Waals surface area (Å²) in [6, 6.07) is 3.34. The molecular formula is C19H23F2N3O2. The first-order valence-corrected chi connectivity index (χ1v) is 8.87. The Kier molecular flexibility index (Phi) is 5.66. The summed E-state index contributed by atoms with van der Waals surface area (Å²) in [6.07, 6.45) is 4.01. The molecule has 0 bridgehead atoms. The number of rotatable bonds is 5. The van der Waals surface area contributed by atoms with Crippen LogP contribution in [0.2, 0.25) is 0 Å². The molecule has 2 atom stereocenters. The number of oxazole rings is 1. The number of hydrogen-bond donors (Lipinski definition) is 1. The number of aryl methyl sites for hydroxylation is 1. The second-order valence-corrected chi connectivity index (χ2v) is 6.84. The summed E-state index contributed by atoms with van der Waals surface area (Å²) >= 11 is 0. The van der Waals surface area contributed by atoms with E-state index in [0.717, 1.165) is 31.5 Å². The van der Waals surface area contributed by atoms with E-state index in [1.54, 1.807) is 0 Å². The molecule has 140 valence electrons. The number of likely N-dealkylation sites (tertiary alicyclic amines) is 1. The highest BCUT2D eigenvalue weighted by molar-refractivity contribution is 5.76. The largest absolute Gasteiger partial charge is 0.441 e. The maximum Gasteiger partial charge on any atom is 0.223 e. The Morgan fingerprint density at radius 1 is 1.46 bits per heavy atom. The standard InChI is InChI=1S/C19H23F2N3O2/c1-12(22)13-3-2-8-24(11-13)19(25)7-6-18-23-10-17(26-18)15-5-4-14(20)9-16(15)21/h4-5,9-10,12-13H,2-3,6-8,11,22H2,1H3. The van der Waals surface area contributed by atoms with Gasteiger partial charge in [-0.1, -0.05) is 0 Å². The van der Waals surface area contributed by atoms with Crippen molar-refractivity contribution < 1.29 is 18.0 Å². The maximum absolute atomic E-state index is 13.8. The quantitative estimate of drug-likeness (QED) is 0.886. The van der Waals surface area contributed by atoms with E-state index < -0.39 is 11.6 Å². The van der Waals surface area contributed by atoms with Gasteiger partial charge in [0.15, 0.2) is 11.7 Å². The summed E-state index contributed by atoms with van der Waals surface area (Å²) in [5, 5.41) is 0. The molecule has 5 nitrogen and oxygen atoms in total. The minimum Gasteiger partial charge on any atom is -0.441 e. The van der Waals surface area contributed by atoms with Crippen molar-refractivity contribution in [1.29, 1.82) is 0 Å². The third kappa shape index (κ3) is 4.27. The lowest BCUT2D eigenvalue weighted by atomic mass is 9.92. The van der Waals surface area contributed by atoms with Gasteiger partial charge in [0.2, 0.25) is 5.91 Å². The maximum atomic E-state index is 13.8. The fraction of sp³-hybridized carbons (Fsp3) is 0.474. The van der Waals surface area contributed by atoms with Crippen molar-refractivity contribution in [3.8, 4) is 11.3 Å². The van der Waals surface area contributed by atoms with Gasteiger partial charge in [-0.05, 0) is 37.8 Å². The Balaban J connectivity index is 1.58. The van der Waals surface area contributed by atoms with E-state index in [1.807, 2.05) is 11.8 Å². The number of carbonyl (C=O) groups excluding carboxylic acids is 1. The summed E-state index contributed by atoms with van der Waals surface area (Å²) in [6.45, 7) is 3.41. The molecule has 0 saturated carbocycles. The lowest BCUT2D eigenvalue weighted by molar-refractivity contribution is -0.133. The zero-order valence-electron chi connectivity index (χ0n) is 14.8. The molecule has 1 amide bonds. The van der Waals surface area contributed by atoms with Gasteiger partial charge in [-0.15, -0.1) is 0 Å².